The van der Waals surface area contributed by atoms with E-state index < -0.39 is 16.6 Å². The van der Waals surface area contributed by atoms with Crippen LogP contribution >= 0.6 is 26.5 Å². The summed E-state index contributed by atoms with van der Waals surface area (Å²) in [6, 6.07) is 13.5. The minimum absolute atomic E-state index is 0.259. The molecule has 0 saturated carbocycles. The first-order valence-electron chi connectivity index (χ1n) is 10.7. The molecule has 2 N–H and O–H groups in total. The highest BCUT2D eigenvalue weighted by molar-refractivity contribution is 9.10. The Morgan fingerprint density at radius 1 is 1.19 bits per heavy atom. The maximum atomic E-state index is 11.6. The van der Waals surface area contributed by atoms with Crippen molar-refractivity contribution < 1.29 is 23.4 Å². The Bertz CT molecular complexity index is 976. The average molecular weight is 524 g/mol. The predicted octanol–water partition coefficient (Wildman–Crippen LogP) is 6.97. The van der Waals surface area contributed by atoms with Gasteiger partial charge in [0.15, 0.2) is 0 Å². The molecule has 0 unspecified atom stereocenters. The van der Waals surface area contributed by atoms with Crippen LogP contribution in [0.3, 0.4) is 0 Å². The number of rotatable bonds is 7. The second-order valence-corrected chi connectivity index (χ2v) is 10.8. The normalized spacial score (nSPS) is 18.0. The fourth-order valence-corrected chi connectivity index (χ4v) is 6.66. The van der Waals surface area contributed by atoms with E-state index in [1.54, 1.807) is 13.0 Å². The zero-order valence-corrected chi connectivity index (χ0v) is 21.0. The van der Waals surface area contributed by atoms with Crippen molar-refractivity contribution in [3.05, 3.63) is 59.3 Å². The van der Waals surface area contributed by atoms with Crippen molar-refractivity contribution in [2.45, 2.75) is 38.5 Å². The lowest BCUT2D eigenvalue weighted by molar-refractivity contribution is -0.137. The smallest absolute Gasteiger partial charge is 0.333 e. The number of benzene rings is 2. The molecule has 2 aromatic rings. The van der Waals surface area contributed by atoms with Gasteiger partial charge in [-0.25, -0.2) is 4.79 Å². The number of carbonyl (C=O) groups excluding carboxylic acids is 1. The van der Waals surface area contributed by atoms with E-state index in [9.17, 15) is 13.9 Å². The van der Waals surface area contributed by atoms with Crippen LogP contribution in [0.15, 0.2) is 64.2 Å². The summed E-state index contributed by atoms with van der Waals surface area (Å²) in [4.78, 5) is 14.2. The minimum Gasteiger partial charge on any atom is -0.463 e. The van der Waals surface area contributed by atoms with Crippen LogP contribution in [0.2, 0.25) is 0 Å². The average Bonchev–Trinajstić information content (AvgIpc) is 2.87. The van der Waals surface area contributed by atoms with Crippen LogP contribution in [-0.4, -0.2) is 34.0 Å². The first-order valence-corrected chi connectivity index (χ1v) is 13.2. The monoisotopic (exact) mass is 523 g/mol. The van der Waals surface area contributed by atoms with E-state index in [0.29, 0.717) is 21.7 Å². The number of fused-ring (bicyclic) bond motifs is 1. The number of carbonyl (C=O) groups is 1. The van der Waals surface area contributed by atoms with Gasteiger partial charge in [0.05, 0.1) is 34.0 Å². The number of ether oxygens (including phenoxy) is 2. The van der Waals surface area contributed by atoms with Crippen LogP contribution in [0, 0.1) is 5.41 Å². The van der Waals surface area contributed by atoms with Crippen molar-refractivity contribution in [1.82, 2.24) is 0 Å². The van der Waals surface area contributed by atoms with E-state index >= 15 is 0 Å². The van der Waals surface area contributed by atoms with Gasteiger partial charge in [0.2, 0.25) is 0 Å². The number of hydrogen-bond donors (Lipinski definition) is 2. The molecule has 1 heterocycles. The summed E-state index contributed by atoms with van der Waals surface area (Å²) in [5.41, 5.74) is 1.46. The van der Waals surface area contributed by atoms with Gasteiger partial charge in [-0.3, -0.25) is 9.11 Å². The molecule has 3 rings (SSSR count). The van der Waals surface area contributed by atoms with Gasteiger partial charge in [-0.15, -0.1) is 0 Å². The quantitative estimate of drug-likeness (QED) is 0.231. The Labute approximate surface area is 199 Å². The molecule has 6 nitrogen and oxygen atoms in total. The number of anilines is 2. The van der Waals surface area contributed by atoms with Crippen LogP contribution < -0.4 is 9.64 Å². The van der Waals surface area contributed by atoms with Crippen molar-refractivity contribution in [3.63, 3.8) is 0 Å². The summed E-state index contributed by atoms with van der Waals surface area (Å²) in [6.07, 6.45) is 4.08. The van der Waals surface area contributed by atoms with Crippen molar-refractivity contribution in [2.75, 3.05) is 23.8 Å². The Kier molecular flexibility index (Phi) is 7.92. The summed E-state index contributed by atoms with van der Waals surface area (Å²) in [7, 11) is -3.10. The molecule has 174 valence electrons. The first-order chi connectivity index (χ1) is 15.2. The minimum atomic E-state index is -3.10. The third-order valence-electron chi connectivity index (χ3n) is 5.91. The first kappa shape index (κ1) is 24.6. The molecule has 0 bridgehead atoms. The fourth-order valence-electron chi connectivity index (χ4n) is 3.93. The molecule has 0 aromatic heterocycles. The summed E-state index contributed by atoms with van der Waals surface area (Å²) < 4.78 is 33.8. The van der Waals surface area contributed by atoms with E-state index in [1.165, 1.54) is 12.3 Å². The van der Waals surface area contributed by atoms with Crippen LogP contribution in [0.25, 0.3) is 0 Å². The molecule has 0 radical (unpaired) electrons. The van der Waals surface area contributed by atoms with Crippen LogP contribution in [0.5, 0.6) is 5.75 Å². The molecule has 2 aromatic carbocycles. The SMILES string of the molecule is CCOC(=O)/C=C/Oc1cc2c(cc1Br)N(c1ccccc1)CC(CC)(CC)CS2(O)O. The maximum absolute atomic E-state index is 11.6. The van der Waals surface area contributed by atoms with Crippen LogP contribution in [-0.2, 0) is 9.53 Å². The maximum Gasteiger partial charge on any atom is 0.333 e. The van der Waals surface area contributed by atoms with Crippen molar-refractivity contribution in [2.24, 2.45) is 5.41 Å². The third kappa shape index (κ3) is 5.31. The summed E-state index contributed by atoms with van der Waals surface area (Å²) in [6.45, 7) is 6.87. The molecule has 1 aliphatic rings. The Hall–Kier alpha value is -2.00. The Morgan fingerprint density at radius 2 is 1.88 bits per heavy atom. The van der Waals surface area contributed by atoms with E-state index in [2.05, 4.69) is 34.7 Å². The van der Waals surface area contributed by atoms with Gasteiger partial charge in [0.25, 0.3) is 0 Å². The van der Waals surface area contributed by atoms with Crippen LogP contribution in [0.4, 0.5) is 11.4 Å². The number of halogens is 1. The fraction of sp³-hybridized carbons (Fsp3) is 0.375. The van der Waals surface area contributed by atoms with Gasteiger partial charge in [0, 0.05) is 29.5 Å². The summed E-state index contributed by atoms with van der Waals surface area (Å²) in [5, 5.41) is 0. The van der Waals surface area contributed by atoms with E-state index in [1.807, 2.05) is 36.4 Å². The van der Waals surface area contributed by atoms with Gasteiger partial charge in [-0.05, 0) is 53.9 Å². The molecule has 8 heteroatoms. The molecule has 0 atom stereocenters. The van der Waals surface area contributed by atoms with E-state index in [4.69, 9.17) is 9.47 Å². The molecule has 1 aliphatic heterocycles. The van der Waals surface area contributed by atoms with Crippen LogP contribution in [0.1, 0.15) is 33.6 Å². The standard InChI is InChI=1S/C24H30BrNO5S/c1-4-24(5-2)16-26(18-10-8-7-9-11-18)20-14-19(25)21(15-22(20)32(28,29)17-24)31-13-12-23(27)30-6-3/h7-15,28-29H,4-6,16-17H2,1-3H3/b13-12+. The van der Waals surface area contributed by atoms with Crippen molar-refractivity contribution in [1.29, 1.82) is 0 Å². The Morgan fingerprint density at radius 3 is 2.50 bits per heavy atom. The molecular formula is C24H30BrNO5S. The highest BCUT2D eigenvalue weighted by atomic mass is 79.9. The molecule has 0 spiro atoms. The Balaban J connectivity index is 2.10. The summed E-state index contributed by atoms with van der Waals surface area (Å²) >= 11 is 3.54. The van der Waals surface area contributed by atoms with Gasteiger partial charge in [-0.1, -0.05) is 32.0 Å². The molecule has 0 aliphatic carbocycles. The zero-order chi connectivity index (χ0) is 23.4. The molecule has 0 amide bonds. The third-order valence-corrected chi connectivity index (χ3v) is 8.58. The number of esters is 1. The van der Waals surface area contributed by atoms with Gasteiger partial charge < -0.3 is 14.4 Å². The van der Waals surface area contributed by atoms with Gasteiger partial charge in [0.1, 0.15) is 5.75 Å². The van der Waals surface area contributed by atoms with Crippen molar-refractivity contribution >= 4 is 43.9 Å². The van der Waals surface area contributed by atoms with Gasteiger partial charge >= 0.3 is 5.97 Å². The molecular weight excluding hydrogens is 494 g/mol. The van der Waals surface area contributed by atoms with E-state index in [0.717, 1.165) is 24.2 Å². The van der Waals surface area contributed by atoms with Gasteiger partial charge in [-0.2, -0.15) is 10.6 Å². The second-order valence-electron chi connectivity index (χ2n) is 7.86. The lowest BCUT2D eigenvalue weighted by atomic mass is 9.83. The number of hydrogen-bond acceptors (Lipinski definition) is 6. The highest BCUT2D eigenvalue weighted by Gasteiger charge is 2.41. The number of nitrogens with zero attached hydrogens (tertiary/aromatic N) is 1. The topological polar surface area (TPSA) is 79.2 Å². The number of para-hydroxylation sites is 1. The summed E-state index contributed by atoms with van der Waals surface area (Å²) in [5.74, 6) is 0.162. The highest BCUT2D eigenvalue weighted by Crippen LogP contribution is 2.61. The lowest BCUT2D eigenvalue weighted by Crippen LogP contribution is -2.36. The largest absolute Gasteiger partial charge is 0.463 e. The molecule has 0 fully saturated rings. The molecule has 32 heavy (non-hydrogen) atoms. The van der Waals surface area contributed by atoms with E-state index in [-0.39, 0.29) is 17.8 Å². The predicted molar refractivity (Wildman–Crippen MR) is 133 cm³/mol. The van der Waals surface area contributed by atoms with Crippen molar-refractivity contribution in [3.8, 4) is 5.75 Å². The zero-order valence-electron chi connectivity index (χ0n) is 18.6. The lowest BCUT2D eigenvalue weighted by Gasteiger charge is -2.40. The second kappa shape index (κ2) is 10.3. The molecule has 0 saturated heterocycles.